The Morgan fingerprint density at radius 2 is 1.84 bits per heavy atom. The number of anilines is 1. The Balaban J connectivity index is 1.57. The highest BCUT2D eigenvalue weighted by Gasteiger charge is 2.35. The number of methoxy groups -OCH3 is 1. The third-order valence-corrected chi connectivity index (χ3v) is 5.92. The van der Waals surface area contributed by atoms with Crippen LogP contribution < -0.4 is 20.1 Å². The Morgan fingerprint density at radius 3 is 2.50 bits per heavy atom. The van der Waals surface area contributed by atoms with E-state index in [1.165, 1.54) is 0 Å². The SMILES string of the molecule is COc1ccc(-c2[nH]nc3c2[C@@H](c2ccc(N4CCOCC4)cc2)C(C#N)=C(N)O3)cc1. The summed E-state index contributed by atoms with van der Waals surface area (Å²) in [6.07, 6.45) is 0. The van der Waals surface area contributed by atoms with Gasteiger partial charge in [0.05, 0.1) is 37.5 Å². The third-order valence-electron chi connectivity index (χ3n) is 5.92. The van der Waals surface area contributed by atoms with Crippen LogP contribution in [-0.4, -0.2) is 43.6 Å². The van der Waals surface area contributed by atoms with Crippen LogP contribution in [-0.2, 0) is 4.74 Å². The number of benzene rings is 2. The Kier molecular flexibility index (Phi) is 5.17. The van der Waals surface area contributed by atoms with Crippen molar-refractivity contribution in [1.82, 2.24) is 10.2 Å². The lowest BCUT2D eigenvalue weighted by atomic mass is 9.83. The summed E-state index contributed by atoms with van der Waals surface area (Å²) in [5.74, 6) is 0.832. The third kappa shape index (κ3) is 3.43. The summed E-state index contributed by atoms with van der Waals surface area (Å²) in [7, 11) is 1.63. The molecule has 0 saturated carbocycles. The molecule has 8 nitrogen and oxygen atoms in total. The summed E-state index contributed by atoms with van der Waals surface area (Å²) in [5, 5.41) is 17.3. The highest BCUT2D eigenvalue weighted by Crippen LogP contribution is 2.46. The molecular weight excluding hydrogens is 406 g/mol. The standard InChI is InChI=1S/C24H23N5O3/c1-30-18-8-4-16(5-9-18)22-21-20(19(14-25)23(26)32-24(21)28-27-22)15-2-6-17(7-3-15)29-10-12-31-13-11-29/h2-9,20H,10-13,26H2,1H3,(H,27,28)/t20-/m0/s1. The molecule has 32 heavy (non-hydrogen) atoms. The van der Waals surface area contributed by atoms with Gasteiger partial charge in [0, 0.05) is 24.3 Å². The quantitative estimate of drug-likeness (QED) is 0.656. The maximum atomic E-state index is 9.91. The van der Waals surface area contributed by atoms with Crippen molar-refractivity contribution < 1.29 is 14.2 Å². The van der Waals surface area contributed by atoms with E-state index in [9.17, 15) is 5.26 Å². The number of hydrogen-bond donors (Lipinski definition) is 2. The molecule has 162 valence electrons. The van der Waals surface area contributed by atoms with E-state index in [0.29, 0.717) is 11.5 Å². The van der Waals surface area contributed by atoms with Gasteiger partial charge in [0.25, 0.3) is 0 Å². The topological polar surface area (TPSA) is 109 Å². The van der Waals surface area contributed by atoms with Crippen LogP contribution in [0.25, 0.3) is 11.3 Å². The number of aromatic nitrogens is 2. The number of H-pyrrole nitrogens is 1. The molecule has 1 aromatic heterocycles. The van der Waals surface area contributed by atoms with Gasteiger partial charge in [-0.1, -0.05) is 12.1 Å². The number of fused-ring (bicyclic) bond motifs is 1. The summed E-state index contributed by atoms with van der Waals surface area (Å²) < 4.78 is 16.4. The van der Waals surface area contributed by atoms with E-state index in [0.717, 1.165) is 60.1 Å². The van der Waals surface area contributed by atoms with Crippen LogP contribution in [0.5, 0.6) is 11.6 Å². The van der Waals surface area contributed by atoms with Gasteiger partial charge in [-0.3, -0.25) is 5.10 Å². The lowest BCUT2D eigenvalue weighted by Crippen LogP contribution is -2.36. The summed E-state index contributed by atoms with van der Waals surface area (Å²) in [6, 6.07) is 18.1. The molecule has 1 fully saturated rings. The highest BCUT2D eigenvalue weighted by molar-refractivity contribution is 5.71. The molecule has 0 bridgehead atoms. The monoisotopic (exact) mass is 429 g/mol. The largest absolute Gasteiger partial charge is 0.497 e. The molecule has 2 aliphatic rings. The van der Waals surface area contributed by atoms with Gasteiger partial charge in [-0.05, 0) is 42.0 Å². The number of rotatable bonds is 4. The Hall–Kier alpha value is -3.96. The maximum Gasteiger partial charge on any atom is 0.244 e. The second-order valence-corrected chi connectivity index (χ2v) is 7.66. The maximum absolute atomic E-state index is 9.91. The Labute approximate surface area is 185 Å². The normalized spacial score (nSPS) is 18.0. The summed E-state index contributed by atoms with van der Waals surface area (Å²) in [4.78, 5) is 2.29. The van der Waals surface area contributed by atoms with Crippen LogP contribution in [0.1, 0.15) is 17.0 Å². The van der Waals surface area contributed by atoms with E-state index in [1.807, 2.05) is 36.4 Å². The van der Waals surface area contributed by atoms with Crippen LogP contribution in [0.3, 0.4) is 0 Å². The molecule has 1 atom stereocenters. The zero-order chi connectivity index (χ0) is 22.1. The molecule has 2 aromatic carbocycles. The predicted molar refractivity (Wildman–Crippen MR) is 119 cm³/mol. The molecular formula is C24H23N5O3. The van der Waals surface area contributed by atoms with Crippen LogP contribution in [0.4, 0.5) is 5.69 Å². The van der Waals surface area contributed by atoms with Crippen molar-refractivity contribution in [2.24, 2.45) is 5.73 Å². The molecule has 0 radical (unpaired) electrons. The van der Waals surface area contributed by atoms with Gasteiger partial charge in [0.2, 0.25) is 11.8 Å². The van der Waals surface area contributed by atoms with Crippen molar-refractivity contribution >= 4 is 5.69 Å². The molecule has 8 heteroatoms. The number of hydrogen-bond acceptors (Lipinski definition) is 7. The number of morpholine rings is 1. The minimum Gasteiger partial charge on any atom is -0.497 e. The van der Waals surface area contributed by atoms with Gasteiger partial charge < -0.3 is 24.8 Å². The highest BCUT2D eigenvalue weighted by atomic mass is 16.5. The Bertz CT molecular complexity index is 1190. The minimum atomic E-state index is -0.390. The number of aromatic amines is 1. The number of nitrogens with two attached hydrogens (primary N) is 1. The van der Waals surface area contributed by atoms with E-state index in [-0.39, 0.29) is 5.88 Å². The first-order valence-corrected chi connectivity index (χ1v) is 10.4. The smallest absolute Gasteiger partial charge is 0.244 e. The summed E-state index contributed by atoms with van der Waals surface area (Å²) in [5.41, 5.74) is 11.0. The molecule has 3 heterocycles. The van der Waals surface area contributed by atoms with Gasteiger partial charge in [0.1, 0.15) is 17.4 Å². The van der Waals surface area contributed by atoms with Crippen molar-refractivity contribution in [3.8, 4) is 29.0 Å². The average molecular weight is 429 g/mol. The summed E-state index contributed by atoms with van der Waals surface area (Å²) >= 11 is 0. The number of allylic oxidation sites excluding steroid dienone is 1. The van der Waals surface area contributed by atoms with Crippen molar-refractivity contribution in [3.05, 3.63) is 71.1 Å². The fraction of sp³-hybridized carbons (Fsp3) is 0.250. The number of nitrogens with zero attached hydrogens (tertiary/aromatic N) is 3. The average Bonchev–Trinajstić information content (AvgIpc) is 3.27. The van der Waals surface area contributed by atoms with E-state index in [4.69, 9.17) is 19.9 Å². The molecule has 0 amide bonds. The minimum absolute atomic E-state index is 0.0787. The predicted octanol–water partition coefficient (Wildman–Crippen LogP) is 3.14. The van der Waals surface area contributed by atoms with E-state index >= 15 is 0 Å². The number of nitrogens with one attached hydrogen (secondary N) is 1. The first kappa shape index (κ1) is 20.0. The van der Waals surface area contributed by atoms with Crippen LogP contribution in [0.15, 0.2) is 60.0 Å². The van der Waals surface area contributed by atoms with Gasteiger partial charge in [-0.25, -0.2) is 0 Å². The van der Waals surface area contributed by atoms with Gasteiger partial charge in [0.15, 0.2) is 0 Å². The molecule has 2 aliphatic heterocycles. The fourth-order valence-electron chi connectivity index (χ4n) is 4.26. The van der Waals surface area contributed by atoms with Crippen molar-refractivity contribution in [1.29, 1.82) is 5.26 Å². The number of nitriles is 1. The first-order chi connectivity index (χ1) is 15.7. The molecule has 5 rings (SSSR count). The van der Waals surface area contributed by atoms with Gasteiger partial charge in [-0.15, -0.1) is 5.10 Å². The zero-order valence-electron chi connectivity index (χ0n) is 17.7. The van der Waals surface area contributed by atoms with E-state index in [2.05, 4.69) is 33.3 Å². The number of ether oxygens (including phenoxy) is 3. The first-order valence-electron chi connectivity index (χ1n) is 10.4. The van der Waals surface area contributed by atoms with Crippen LogP contribution in [0, 0.1) is 11.3 Å². The van der Waals surface area contributed by atoms with Crippen molar-refractivity contribution in [2.45, 2.75) is 5.92 Å². The van der Waals surface area contributed by atoms with Crippen molar-refractivity contribution in [3.63, 3.8) is 0 Å². The van der Waals surface area contributed by atoms with E-state index in [1.54, 1.807) is 7.11 Å². The van der Waals surface area contributed by atoms with Gasteiger partial charge >= 0.3 is 0 Å². The lowest BCUT2D eigenvalue weighted by molar-refractivity contribution is 0.122. The second kappa shape index (κ2) is 8.29. The lowest BCUT2D eigenvalue weighted by Gasteiger charge is -2.29. The fourth-order valence-corrected chi connectivity index (χ4v) is 4.26. The molecule has 0 spiro atoms. The molecule has 3 aromatic rings. The molecule has 0 aliphatic carbocycles. The molecule has 0 unspecified atom stereocenters. The van der Waals surface area contributed by atoms with Crippen LogP contribution >= 0.6 is 0 Å². The molecule has 1 saturated heterocycles. The molecule has 3 N–H and O–H groups in total. The summed E-state index contributed by atoms with van der Waals surface area (Å²) in [6.45, 7) is 3.17. The van der Waals surface area contributed by atoms with Crippen LogP contribution in [0.2, 0.25) is 0 Å². The second-order valence-electron chi connectivity index (χ2n) is 7.66. The zero-order valence-corrected chi connectivity index (χ0v) is 17.7. The van der Waals surface area contributed by atoms with Gasteiger partial charge in [-0.2, -0.15) is 5.26 Å². The van der Waals surface area contributed by atoms with E-state index < -0.39 is 5.92 Å². The Morgan fingerprint density at radius 1 is 1.12 bits per heavy atom. The van der Waals surface area contributed by atoms with Crippen molar-refractivity contribution in [2.75, 3.05) is 38.3 Å².